The van der Waals surface area contributed by atoms with Crippen LogP contribution in [0.25, 0.3) is 0 Å². The van der Waals surface area contributed by atoms with Crippen LogP contribution in [0, 0.1) is 0 Å². The molecule has 0 aliphatic heterocycles. The molecule has 6 heteroatoms. The van der Waals surface area contributed by atoms with Crippen molar-refractivity contribution in [1.82, 2.24) is 15.2 Å². The maximum absolute atomic E-state index is 4.97. The van der Waals surface area contributed by atoms with Crippen LogP contribution in [0.3, 0.4) is 0 Å². The molecule has 0 saturated heterocycles. The van der Waals surface area contributed by atoms with Crippen LogP contribution in [-0.4, -0.2) is 35.4 Å². The van der Waals surface area contributed by atoms with Crippen LogP contribution in [0.4, 0.5) is 17.5 Å². The predicted molar refractivity (Wildman–Crippen MR) is 74.5 cm³/mol. The SMILES string of the molecule is COCCCNc1nncc(Nc2ccccc2)n1. The number of nitrogens with zero attached hydrogens (tertiary/aromatic N) is 3. The maximum atomic E-state index is 4.97. The van der Waals surface area contributed by atoms with Crippen molar-refractivity contribution >= 4 is 17.5 Å². The van der Waals surface area contributed by atoms with Crippen LogP contribution in [0.2, 0.25) is 0 Å². The highest BCUT2D eigenvalue weighted by molar-refractivity contribution is 5.55. The summed E-state index contributed by atoms with van der Waals surface area (Å²) < 4.78 is 4.97. The number of hydrogen-bond donors (Lipinski definition) is 2. The largest absolute Gasteiger partial charge is 0.385 e. The van der Waals surface area contributed by atoms with Gasteiger partial charge in [-0.15, -0.1) is 5.10 Å². The van der Waals surface area contributed by atoms with E-state index in [0.29, 0.717) is 18.4 Å². The molecule has 1 aromatic heterocycles. The lowest BCUT2D eigenvalue weighted by Gasteiger charge is -2.07. The molecule has 2 aromatic rings. The predicted octanol–water partition coefficient (Wildman–Crippen LogP) is 2.06. The Labute approximate surface area is 112 Å². The molecule has 0 atom stereocenters. The zero-order valence-electron chi connectivity index (χ0n) is 10.8. The average molecular weight is 259 g/mol. The maximum Gasteiger partial charge on any atom is 0.244 e. The molecular weight excluding hydrogens is 242 g/mol. The van der Waals surface area contributed by atoms with Gasteiger partial charge in [0.15, 0.2) is 5.82 Å². The third-order valence-corrected chi connectivity index (χ3v) is 2.41. The van der Waals surface area contributed by atoms with E-state index in [-0.39, 0.29) is 0 Å². The van der Waals surface area contributed by atoms with Gasteiger partial charge < -0.3 is 15.4 Å². The van der Waals surface area contributed by atoms with E-state index >= 15 is 0 Å². The Kier molecular flexibility index (Phi) is 5.06. The topological polar surface area (TPSA) is 72.0 Å². The highest BCUT2D eigenvalue weighted by Crippen LogP contribution is 2.13. The van der Waals surface area contributed by atoms with Gasteiger partial charge in [0.1, 0.15) is 0 Å². The number of anilines is 3. The third kappa shape index (κ3) is 4.51. The number of nitrogens with one attached hydrogen (secondary N) is 2. The second kappa shape index (κ2) is 7.27. The fourth-order valence-corrected chi connectivity index (χ4v) is 1.52. The van der Waals surface area contributed by atoms with E-state index in [2.05, 4.69) is 25.8 Å². The highest BCUT2D eigenvalue weighted by Gasteiger charge is 2.00. The molecule has 2 N–H and O–H groups in total. The summed E-state index contributed by atoms with van der Waals surface area (Å²) in [6, 6.07) is 9.81. The molecule has 0 unspecified atom stereocenters. The first-order chi connectivity index (χ1) is 9.38. The number of aromatic nitrogens is 3. The molecule has 0 fully saturated rings. The van der Waals surface area contributed by atoms with Crippen molar-refractivity contribution in [2.24, 2.45) is 0 Å². The number of hydrogen-bond acceptors (Lipinski definition) is 6. The average Bonchev–Trinajstić information content (AvgIpc) is 2.45. The molecule has 2 rings (SSSR count). The summed E-state index contributed by atoms with van der Waals surface area (Å²) >= 11 is 0. The summed E-state index contributed by atoms with van der Waals surface area (Å²) in [7, 11) is 1.68. The normalized spacial score (nSPS) is 10.2. The molecule has 0 bridgehead atoms. The second-order valence-corrected chi connectivity index (χ2v) is 3.93. The van der Waals surface area contributed by atoms with E-state index in [1.54, 1.807) is 13.3 Å². The smallest absolute Gasteiger partial charge is 0.244 e. The van der Waals surface area contributed by atoms with E-state index in [4.69, 9.17) is 4.74 Å². The van der Waals surface area contributed by atoms with Crippen LogP contribution >= 0.6 is 0 Å². The fourth-order valence-electron chi connectivity index (χ4n) is 1.52. The molecule has 0 aliphatic rings. The van der Waals surface area contributed by atoms with Gasteiger partial charge in [0.25, 0.3) is 0 Å². The molecule has 1 heterocycles. The monoisotopic (exact) mass is 259 g/mol. The van der Waals surface area contributed by atoms with Crippen molar-refractivity contribution in [1.29, 1.82) is 0 Å². The van der Waals surface area contributed by atoms with Crippen LogP contribution in [0.15, 0.2) is 36.5 Å². The molecule has 6 nitrogen and oxygen atoms in total. The summed E-state index contributed by atoms with van der Waals surface area (Å²) in [5, 5.41) is 14.1. The Morgan fingerprint density at radius 2 is 2.05 bits per heavy atom. The summed E-state index contributed by atoms with van der Waals surface area (Å²) in [6.45, 7) is 1.46. The lowest BCUT2D eigenvalue weighted by Crippen LogP contribution is -2.09. The van der Waals surface area contributed by atoms with Gasteiger partial charge in [-0.2, -0.15) is 10.1 Å². The Bertz CT molecular complexity index is 491. The molecule has 0 saturated carbocycles. The molecule has 19 heavy (non-hydrogen) atoms. The number of rotatable bonds is 7. The minimum Gasteiger partial charge on any atom is -0.385 e. The number of benzene rings is 1. The Hall–Kier alpha value is -2.21. The van der Waals surface area contributed by atoms with Gasteiger partial charge in [0.05, 0.1) is 6.20 Å². The summed E-state index contributed by atoms with van der Waals surface area (Å²) in [4.78, 5) is 4.33. The highest BCUT2D eigenvalue weighted by atomic mass is 16.5. The van der Waals surface area contributed by atoms with Crippen LogP contribution in [-0.2, 0) is 4.74 Å². The molecule has 0 radical (unpaired) electrons. The van der Waals surface area contributed by atoms with E-state index in [1.165, 1.54) is 0 Å². The zero-order valence-corrected chi connectivity index (χ0v) is 10.8. The van der Waals surface area contributed by atoms with Crippen molar-refractivity contribution in [3.05, 3.63) is 36.5 Å². The Balaban J connectivity index is 1.91. The first kappa shape index (κ1) is 13.2. The fraction of sp³-hybridized carbons (Fsp3) is 0.308. The van der Waals surface area contributed by atoms with Gasteiger partial charge in [-0.3, -0.25) is 0 Å². The van der Waals surface area contributed by atoms with Crippen LogP contribution in [0.5, 0.6) is 0 Å². The van der Waals surface area contributed by atoms with Gasteiger partial charge in [-0.25, -0.2) is 0 Å². The zero-order chi connectivity index (χ0) is 13.3. The first-order valence-electron chi connectivity index (χ1n) is 6.13. The standard InChI is InChI=1S/C13H17N5O/c1-19-9-5-8-14-13-17-12(10-15-18-13)16-11-6-3-2-4-7-11/h2-4,6-7,10H,5,8-9H2,1H3,(H2,14,16,17,18). The van der Waals surface area contributed by atoms with Crippen LogP contribution in [0.1, 0.15) is 6.42 Å². The van der Waals surface area contributed by atoms with Crippen LogP contribution < -0.4 is 10.6 Å². The number of para-hydroxylation sites is 1. The van der Waals surface area contributed by atoms with Crippen molar-refractivity contribution in [3.63, 3.8) is 0 Å². The molecule has 1 aromatic carbocycles. The molecule has 0 aliphatic carbocycles. The molecule has 0 amide bonds. The van der Waals surface area contributed by atoms with E-state index in [0.717, 1.165) is 18.7 Å². The summed E-state index contributed by atoms with van der Waals surface area (Å²) in [5.74, 6) is 1.17. The first-order valence-corrected chi connectivity index (χ1v) is 6.13. The number of methoxy groups -OCH3 is 1. The molecular formula is C13H17N5O. The summed E-state index contributed by atoms with van der Waals surface area (Å²) in [5.41, 5.74) is 0.966. The van der Waals surface area contributed by atoms with E-state index in [9.17, 15) is 0 Å². The van der Waals surface area contributed by atoms with Gasteiger partial charge >= 0.3 is 0 Å². The van der Waals surface area contributed by atoms with Crippen molar-refractivity contribution < 1.29 is 4.74 Å². The minimum absolute atomic E-state index is 0.511. The van der Waals surface area contributed by atoms with Crippen molar-refractivity contribution in [2.45, 2.75) is 6.42 Å². The van der Waals surface area contributed by atoms with Gasteiger partial charge in [-0.05, 0) is 18.6 Å². The minimum atomic E-state index is 0.511. The van der Waals surface area contributed by atoms with Crippen molar-refractivity contribution in [3.8, 4) is 0 Å². The third-order valence-electron chi connectivity index (χ3n) is 2.41. The summed E-state index contributed by atoms with van der Waals surface area (Å²) in [6.07, 6.45) is 2.49. The van der Waals surface area contributed by atoms with Gasteiger partial charge in [0.2, 0.25) is 5.95 Å². The lowest BCUT2D eigenvalue weighted by atomic mass is 10.3. The van der Waals surface area contributed by atoms with Crippen molar-refractivity contribution in [2.75, 3.05) is 30.9 Å². The van der Waals surface area contributed by atoms with Gasteiger partial charge in [-0.1, -0.05) is 18.2 Å². The Morgan fingerprint density at radius 1 is 1.21 bits per heavy atom. The van der Waals surface area contributed by atoms with E-state index < -0.39 is 0 Å². The number of ether oxygens (including phenoxy) is 1. The second-order valence-electron chi connectivity index (χ2n) is 3.93. The molecule has 0 spiro atoms. The van der Waals surface area contributed by atoms with Gasteiger partial charge in [0, 0.05) is 25.9 Å². The molecule has 100 valence electrons. The van der Waals surface area contributed by atoms with E-state index in [1.807, 2.05) is 30.3 Å². The lowest BCUT2D eigenvalue weighted by molar-refractivity contribution is 0.197. The Morgan fingerprint density at radius 3 is 2.84 bits per heavy atom. The quantitative estimate of drug-likeness (QED) is 0.742.